The first-order valence-corrected chi connectivity index (χ1v) is 12.9. The van der Waals surface area contributed by atoms with Crippen LogP contribution in [0.5, 0.6) is 0 Å². The van der Waals surface area contributed by atoms with Crippen LogP contribution in [0.4, 0.5) is 0 Å². The van der Waals surface area contributed by atoms with Crippen LogP contribution in [0.1, 0.15) is 62.1 Å². The maximum Gasteiger partial charge on any atom is 0.287 e. The van der Waals surface area contributed by atoms with Gasteiger partial charge in [-0.25, -0.2) is 4.57 Å². The zero-order valence-corrected chi connectivity index (χ0v) is 20.7. The fourth-order valence-corrected chi connectivity index (χ4v) is 6.85. The van der Waals surface area contributed by atoms with Crippen molar-refractivity contribution in [1.82, 2.24) is 9.38 Å². The third kappa shape index (κ3) is 2.64. The Bertz CT molecular complexity index is 1730. The van der Waals surface area contributed by atoms with Crippen molar-refractivity contribution < 1.29 is 4.57 Å². The van der Waals surface area contributed by atoms with Gasteiger partial charge in [0.15, 0.2) is 5.52 Å². The van der Waals surface area contributed by atoms with E-state index in [0.717, 1.165) is 11.4 Å². The second-order valence-electron chi connectivity index (χ2n) is 11.0. The van der Waals surface area contributed by atoms with Crippen LogP contribution in [-0.2, 0) is 13.5 Å². The van der Waals surface area contributed by atoms with E-state index in [4.69, 9.17) is 4.98 Å². The van der Waals surface area contributed by atoms with Gasteiger partial charge in [-0.15, -0.1) is 0 Å². The summed E-state index contributed by atoms with van der Waals surface area (Å²) in [6, 6.07) is 16.4. The van der Waals surface area contributed by atoms with Gasteiger partial charge in [0, 0.05) is 16.2 Å². The SMILES string of the molecule is Cc1ccc2c3c(C(C)C)cccc3n3c4cc(CC5CCCC5)cc5nc[n+](C)c(c1c23)c54. The van der Waals surface area contributed by atoms with Crippen LogP contribution in [0.25, 0.3) is 49.1 Å². The molecule has 6 aromatic rings. The lowest BCUT2D eigenvalue weighted by molar-refractivity contribution is -0.646. The third-order valence-corrected chi connectivity index (χ3v) is 8.41. The summed E-state index contributed by atoms with van der Waals surface area (Å²) >= 11 is 0. The van der Waals surface area contributed by atoms with Crippen LogP contribution in [0, 0.1) is 12.8 Å². The Labute approximate surface area is 200 Å². The molecule has 3 aromatic heterocycles. The fourth-order valence-electron chi connectivity index (χ4n) is 6.85. The Morgan fingerprint density at radius 3 is 2.62 bits per heavy atom. The maximum atomic E-state index is 4.95. The third-order valence-electron chi connectivity index (χ3n) is 8.41. The summed E-state index contributed by atoms with van der Waals surface area (Å²) in [5.41, 5.74) is 10.6. The Kier molecular flexibility index (Phi) is 4.25. The van der Waals surface area contributed by atoms with Crippen molar-refractivity contribution in [2.24, 2.45) is 13.0 Å². The summed E-state index contributed by atoms with van der Waals surface area (Å²) in [5, 5.41) is 5.42. The Balaban J connectivity index is 1.74. The van der Waals surface area contributed by atoms with Crippen molar-refractivity contribution >= 4 is 49.1 Å². The van der Waals surface area contributed by atoms with Crippen molar-refractivity contribution in [3.8, 4) is 0 Å². The molecule has 3 heterocycles. The normalized spacial score (nSPS) is 15.4. The molecule has 1 fully saturated rings. The molecular formula is C31H32N3+. The molecule has 7 rings (SSSR count). The molecule has 0 spiro atoms. The highest BCUT2D eigenvalue weighted by molar-refractivity contribution is 6.25. The van der Waals surface area contributed by atoms with E-state index in [0.29, 0.717) is 5.92 Å². The number of hydrogen-bond acceptors (Lipinski definition) is 1. The number of aromatic nitrogens is 3. The first kappa shape index (κ1) is 20.2. The van der Waals surface area contributed by atoms with E-state index in [1.54, 1.807) is 0 Å². The first-order chi connectivity index (χ1) is 16.5. The second kappa shape index (κ2) is 7.15. The molecule has 0 unspecified atom stereocenters. The Morgan fingerprint density at radius 2 is 1.82 bits per heavy atom. The highest BCUT2D eigenvalue weighted by atomic mass is 15.0. The molecule has 0 bridgehead atoms. The number of pyridine rings is 1. The van der Waals surface area contributed by atoms with Crippen molar-refractivity contribution in [2.45, 2.75) is 58.8 Å². The van der Waals surface area contributed by atoms with E-state index < -0.39 is 0 Å². The average Bonchev–Trinajstić information content (AvgIpc) is 3.45. The quantitative estimate of drug-likeness (QED) is 0.158. The summed E-state index contributed by atoms with van der Waals surface area (Å²) < 4.78 is 4.79. The highest BCUT2D eigenvalue weighted by Crippen LogP contribution is 2.43. The number of benzene rings is 3. The molecule has 3 heteroatoms. The molecule has 0 aliphatic heterocycles. The minimum absolute atomic E-state index is 0.474. The number of aryl methyl sites for hydroxylation is 2. The standard InChI is InChI=1S/C31H32N3/c1-18(2)22-10-7-11-25-28(22)23-13-12-19(3)27-30(23)34(25)26-16-21(14-20-8-5-6-9-20)15-24-29(26)31(27)33(4)17-32-24/h7,10-13,15-18,20H,5-6,8-9,14H2,1-4H3/q+1. The lowest BCUT2D eigenvalue weighted by Crippen LogP contribution is -2.30. The molecule has 1 aliphatic carbocycles. The fraction of sp³-hybridized carbons (Fsp3) is 0.355. The number of nitrogens with zero attached hydrogens (tertiary/aromatic N) is 3. The first-order valence-electron chi connectivity index (χ1n) is 12.9. The molecule has 1 saturated carbocycles. The van der Waals surface area contributed by atoms with Crippen LogP contribution in [-0.4, -0.2) is 9.38 Å². The van der Waals surface area contributed by atoms with Crippen molar-refractivity contribution in [2.75, 3.05) is 0 Å². The largest absolute Gasteiger partial charge is 0.308 e. The maximum absolute atomic E-state index is 4.95. The zero-order valence-electron chi connectivity index (χ0n) is 20.7. The minimum atomic E-state index is 0.474. The van der Waals surface area contributed by atoms with Crippen LogP contribution in [0.2, 0.25) is 0 Å². The highest BCUT2D eigenvalue weighted by Gasteiger charge is 2.26. The molecule has 3 aromatic carbocycles. The van der Waals surface area contributed by atoms with Gasteiger partial charge in [-0.2, -0.15) is 0 Å². The zero-order chi connectivity index (χ0) is 23.1. The topological polar surface area (TPSA) is 21.2 Å². The van der Waals surface area contributed by atoms with Crippen LogP contribution < -0.4 is 4.57 Å². The van der Waals surface area contributed by atoms with Gasteiger partial charge in [0.2, 0.25) is 0 Å². The van der Waals surface area contributed by atoms with Crippen LogP contribution >= 0.6 is 0 Å². The summed E-state index contributed by atoms with van der Waals surface area (Å²) in [7, 11) is 2.15. The summed E-state index contributed by atoms with van der Waals surface area (Å²) in [5.74, 6) is 1.29. The lowest BCUT2D eigenvalue weighted by Gasteiger charge is -2.15. The second-order valence-corrected chi connectivity index (χ2v) is 11.0. The summed E-state index contributed by atoms with van der Waals surface area (Å²) in [6.45, 7) is 6.88. The monoisotopic (exact) mass is 446 g/mol. The van der Waals surface area contributed by atoms with Gasteiger partial charge in [-0.1, -0.05) is 63.8 Å². The molecule has 0 amide bonds. The Morgan fingerprint density at radius 1 is 1.00 bits per heavy atom. The molecule has 0 radical (unpaired) electrons. The van der Waals surface area contributed by atoms with Gasteiger partial charge >= 0.3 is 0 Å². The van der Waals surface area contributed by atoms with Gasteiger partial charge in [0.1, 0.15) is 5.52 Å². The van der Waals surface area contributed by atoms with Gasteiger partial charge < -0.3 is 4.40 Å². The van der Waals surface area contributed by atoms with E-state index in [9.17, 15) is 0 Å². The van der Waals surface area contributed by atoms with Gasteiger partial charge in [0.25, 0.3) is 6.33 Å². The van der Waals surface area contributed by atoms with Crippen molar-refractivity contribution in [3.05, 3.63) is 65.5 Å². The van der Waals surface area contributed by atoms with E-state index in [1.165, 1.54) is 92.4 Å². The molecular weight excluding hydrogens is 414 g/mol. The molecule has 0 atom stereocenters. The van der Waals surface area contributed by atoms with Crippen LogP contribution in [0.15, 0.2) is 48.8 Å². The van der Waals surface area contributed by atoms with E-state index >= 15 is 0 Å². The van der Waals surface area contributed by atoms with Crippen molar-refractivity contribution in [3.63, 3.8) is 0 Å². The number of hydrogen-bond donors (Lipinski definition) is 0. The minimum Gasteiger partial charge on any atom is -0.308 e. The smallest absolute Gasteiger partial charge is 0.287 e. The number of rotatable bonds is 3. The molecule has 0 saturated heterocycles. The summed E-state index contributed by atoms with van der Waals surface area (Å²) in [6.07, 6.45) is 8.68. The molecule has 170 valence electrons. The molecule has 0 N–H and O–H groups in total. The molecule has 34 heavy (non-hydrogen) atoms. The van der Waals surface area contributed by atoms with E-state index in [-0.39, 0.29) is 0 Å². The molecule has 1 aliphatic rings. The van der Waals surface area contributed by atoms with Gasteiger partial charge in [-0.05, 0) is 65.1 Å². The number of fused-ring (bicyclic) bond motifs is 5. The average molecular weight is 447 g/mol. The van der Waals surface area contributed by atoms with Gasteiger partial charge in [0.05, 0.1) is 29.0 Å². The van der Waals surface area contributed by atoms with Gasteiger partial charge in [-0.3, -0.25) is 0 Å². The van der Waals surface area contributed by atoms with Crippen LogP contribution in [0.3, 0.4) is 0 Å². The Hall–Kier alpha value is -3.20. The predicted molar refractivity (Wildman–Crippen MR) is 142 cm³/mol. The predicted octanol–water partition coefficient (Wildman–Crippen LogP) is 7.37. The molecule has 3 nitrogen and oxygen atoms in total. The lowest BCUT2D eigenvalue weighted by atomic mass is 9.94. The van der Waals surface area contributed by atoms with Crippen molar-refractivity contribution in [1.29, 1.82) is 0 Å². The van der Waals surface area contributed by atoms with E-state index in [1.807, 2.05) is 6.33 Å². The summed E-state index contributed by atoms with van der Waals surface area (Å²) in [4.78, 5) is 4.95. The van der Waals surface area contributed by atoms with E-state index in [2.05, 4.69) is 79.3 Å².